The molecular formula is C22H31Cl2N5O2. The van der Waals surface area contributed by atoms with Crippen LogP contribution in [0.25, 0.3) is 0 Å². The van der Waals surface area contributed by atoms with E-state index in [0.29, 0.717) is 22.3 Å². The highest BCUT2D eigenvalue weighted by atomic mass is 35.5. The van der Waals surface area contributed by atoms with Crippen molar-refractivity contribution >= 4 is 34.8 Å². The van der Waals surface area contributed by atoms with Gasteiger partial charge in [0.2, 0.25) is 0 Å². The zero-order valence-electron chi connectivity index (χ0n) is 18.4. The first-order valence-corrected chi connectivity index (χ1v) is 11.5. The normalized spacial score (nSPS) is 15.9. The monoisotopic (exact) mass is 467 g/mol. The molecule has 9 heteroatoms. The fourth-order valence-corrected chi connectivity index (χ4v) is 4.42. The standard InChI is InChI=1S/C22H31Cl2N5O2/c1-4-8-29-15(2)21(26-16(29)3)22(31)25-13-17(30)14-27-9-11-28(12-10-27)19-7-5-6-18(23)20(19)24/h5-7,17,30H,4,8-14H2,1-3H3,(H,25,31). The van der Waals surface area contributed by atoms with Gasteiger partial charge in [0.15, 0.2) is 0 Å². The van der Waals surface area contributed by atoms with E-state index in [-0.39, 0.29) is 12.5 Å². The van der Waals surface area contributed by atoms with Crippen molar-refractivity contribution in [3.63, 3.8) is 0 Å². The van der Waals surface area contributed by atoms with Gasteiger partial charge < -0.3 is 19.9 Å². The van der Waals surface area contributed by atoms with E-state index < -0.39 is 6.10 Å². The number of carbonyl (C=O) groups is 1. The number of carbonyl (C=O) groups excluding carboxylic acids is 1. The minimum atomic E-state index is -0.649. The maximum absolute atomic E-state index is 12.5. The lowest BCUT2D eigenvalue weighted by molar-refractivity contribution is 0.0847. The number of nitrogens with one attached hydrogen (secondary N) is 1. The van der Waals surface area contributed by atoms with Crippen LogP contribution in [0.1, 0.15) is 35.4 Å². The Morgan fingerprint density at radius 3 is 2.61 bits per heavy atom. The van der Waals surface area contributed by atoms with Gasteiger partial charge in [0, 0.05) is 51.5 Å². The minimum absolute atomic E-state index is 0.193. The van der Waals surface area contributed by atoms with Crippen LogP contribution < -0.4 is 10.2 Å². The zero-order chi connectivity index (χ0) is 22.5. The molecule has 0 radical (unpaired) electrons. The van der Waals surface area contributed by atoms with E-state index in [1.54, 1.807) is 6.07 Å². The van der Waals surface area contributed by atoms with Crippen molar-refractivity contribution in [1.29, 1.82) is 0 Å². The van der Waals surface area contributed by atoms with Gasteiger partial charge in [0.05, 0.1) is 21.8 Å². The van der Waals surface area contributed by atoms with Crippen molar-refractivity contribution in [1.82, 2.24) is 19.8 Å². The molecule has 1 aromatic carbocycles. The molecule has 1 aliphatic rings. The predicted octanol–water partition coefficient (Wildman–Crippen LogP) is 3.13. The molecule has 1 fully saturated rings. The summed E-state index contributed by atoms with van der Waals surface area (Å²) in [7, 11) is 0. The molecule has 1 atom stereocenters. The van der Waals surface area contributed by atoms with Gasteiger partial charge in [-0.2, -0.15) is 0 Å². The molecule has 1 saturated heterocycles. The van der Waals surface area contributed by atoms with Crippen molar-refractivity contribution in [3.8, 4) is 0 Å². The first kappa shape index (κ1) is 23.9. The fourth-order valence-electron chi connectivity index (χ4n) is 4.01. The molecule has 2 aromatic rings. The molecule has 0 aliphatic carbocycles. The lowest BCUT2D eigenvalue weighted by Gasteiger charge is -2.37. The highest BCUT2D eigenvalue weighted by molar-refractivity contribution is 6.43. The van der Waals surface area contributed by atoms with E-state index in [4.69, 9.17) is 23.2 Å². The summed E-state index contributed by atoms with van der Waals surface area (Å²) in [6, 6.07) is 5.65. The van der Waals surface area contributed by atoms with E-state index in [9.17, 15) is 9.90 Å². The molecule has 0 spiro atoms. The predicted molar refractivity (Wildman–Crippen MR) is 125 cm³/mol. The number of halogens is 2. The maximum atomic E-state index is 12.5. The second-order valence-electron chi connectivity index (χ2n) is 7.97. The summed E-state index contributed by atoms with van der Waals surface area (Å²) in [5, 5.41) is 14.4. The van der Waals surface area contributed by atoms with Crippen LogP contribution >= 0.6 is 23.2 Å². The number of imidazole rings is 1. The SMILES string of the molecule is CCCn1c(C)nc(C(=O)NCC(O)CN2CCN(c3cccc(Cl)c3Cl)CC2)c1C. The van der Waals surface area contributed by atoms with E-state index >= 15 is 0 Å². The average molecular weight is 468 g/mol. The molecule has 2 N–H and O–H groups in total. The molecule has 0 saturated carbocycles. The summed E-state index contributed by atoms with van der Waals surface area (Å²) in [4.78, 5) is 21.4. The Bertz CT molecular complexity index is 910. The van der Waals surface area contributed by atoms with Crippen molar-refractivity contribution in [2.75, 3.05) is 44.2 Å². The zero-order valence-corrected chi connectivity index (χ0v) is 19.9. The Morgan fingerprint density at radius 2 is 1.94 bits per heavy atom. The summed E-state index contributed by atoms with van der Waals surface area (Å²) >= 11 is 12.5. The second kappa shape index (κ2) is 10.7. The van der Waals surface area contributed by atoms with Gasteiger partial charge in [-0.25, -0.2) is 4.98 Å². The number of hydrogen-bond acceptors (Lipinski definition) is 5. The Kier molecular flexibility index (Phi) is 8.22. The van der Waals surface area contributed by atoms with Crippen molar-refractivity contribution in [2.45, 2.75) is 39.8 Å². The quantitative estimate of drug-likeness (QED) is 0.623. The summed E-state index contributed by atoms with van der Waals surface area (Å²) in [6.07, 6.45) is 0.332. The number of aryl methyl sites for hydroxylation is 1. The van der Waals surface area contributed by atoms with Gasteiger partial charge >= 0.3 is 0 Å². The van der Waals surface area contributed by atoms with Crippen molar-refractivity contribution < 1.29 is 9.90 Å². The van der Waals surface area contributed by atoms with E-state index in [2.05, 4.69) is 31.6 Å². The molecule has 2 heterocycles. The lowest BCUT2D eigenvalue weighted by Crippen LogP contribution is -2.50. The second-order valence-corrected chi connectivity index (χ2v) is 8.75. The van der Waals surface area contributed by atoms with Gasteiger partial charge in [0.1, 0.15) is 11.5 Å². The molecule has 1 amide bonds. The summed E-state index contributed by atoms with van der Waals surface area (Å²) < 4.78 is 2.05. The number of hydrogen-bond donors (Lipinski definition) is 2. The van der Waals surface area contributed by atoms with Gasteiger partial charge in [0.25, 0.3) is 5.91 Å². The number of aliphatic hydroxyl groups excluding tert-OH is 1. The third-order valence-corrected chi connectivity index (χ3v) is 6.49. The molecule has 3 rings (SSSR count). The van der Waals surface area contributed by atoms with Crippen molar-refractivity contribution in [3.05, 3.63) is 45.5 Å². The Morgan fingerprint density at radius 1 is 1.23 bits per heavy atom. The Labute approximate surface area is 193 Å². The van der Waals surface area contributed by atoms with Crippen LogP contribution in [0.3, 0.4) is 0 Å². The smallest absolute Gasteiger partial charge is 0.271 e. The number of benzene rings is 1. The highest BCUT2D eigenvalue weighted by Crippen LogP contribution is 2.32. The number of rotatable bonds is 8. The lowest BCUT2D eigenvalue weighted by atomic mass is 10.2. The van der Waals surface area contributed by atoms with Crippen LogP contribution in [0.5, 0.6) is 0 Å². The topological polar surface area (TPSA) is 73.6 Å². The third-order valence-electron chi connectivity index (χ3n) is 5.69. The molecule has 0 bridgehead atoms. The molecule has 1 unspecified atom stereocenters. The van der Waals surface area contributed by atoms with Crippen LogP contribution in [-0.2, 0) is 6.54 Å². The van der Waals surface area contributed by atoms with E-state index in [1.807, 2.05) is 26.0 Å². The first-order valence-electron chi connectivity index (χ1n) is 10.7. The Balaban J connectivity index is 1.47. The summed E-state index contributed by atoms with van der Waals surface area (Å²) in [5.41, 5.74) is 2.24. The molecule has 1 aliphatic heterocycles. The molecular weight excluding hydrogens is 437 g/mol. The molecule has 1 aromatic heterocycles. The van der Waals surface area contributed by atoms with Gasteiger partial charge in [-0.05, 0) is 32.4 Å². The van der Waals surface area contributed by atoms with E-state index in [1.165, 1.54) is 0 Å². The van der Waals surface area contributed by atoms with Gasteiger partial charge in [-0.1, -0.05) is 36.2 Å². The van der Waals surface area contributed by atoms with Gasteiger partial charge in [-0.15, -0.1) is 0 Å². The number of nitrogens with zero attached hydrogens (tertiary/aromatic N) is 4. The number of aliphatic hydroxyl groups is 1. The number of amides is 1. The molecule has 31 heavy (non-hydrogen) atoms. The third kappa shape index (κ3) is 5.71. The molecule has 170 valence electrons. The van der Waals surface area contributed by atoms with E-state index in [0.717, 1.165) is 56.4 Å². The largest absolute Gasteiger partial charge is 0.390 e. The van der Waals surface area contributed by atoms with Crippen molar-refractivity contribution in [2.24, 2.45) is 0 Å². The first-order chi connectivity index (χ1) is 14.8. The van der Waals surface area contributed by atoms with Crippen LogP contribution in [0, 0.1) is 13.8 Å². The summed E-state index contributed by atoms with van der Waals surface area (Å²) in [5.74, 6) is 0.595. The number of aromatic nitrogens is 2. The fraction of sp³-hybridized carbons (Fsp3) is 0.545. The number of piperazine rings is 1. The van der Waals surface area contributed by atoms with Crippen LogP contribution in [0.4, 0.5) is 5.69 Å². The molecule has 7 nitrogen and oxygen atoms in total. The number of β-amino-alcohol motifs (C(OH)–C–C–N with tert-alkyl or cyclic N) is 1. The highest BCUT2D eigenvalue weighted by Gasteiger charge is 2.22. The maximum Gasteiger partial charge on any atom is 0.271 e. The summed E-state index contributed by atoms with van der Waals surface area (Å²) in [6.45, 7) is 10.6. The number of anilines is 1. The van der Waals surface area contributed by atoms with Crippen LogP contribution in [0.15, 0.2) is 18.2 Å². The van der Waals surface area contributed by atoms with Gasteiger partial charge in [-0.3, -0.25) is 9.69 Å². The van der Waals surface area contributed by atoms with Crippen LogP contribution in [0.2, 0.25) is 10.0 Å². The average Bonchev–Trinajstić information content (AvgIpc) is 3.03. The Hall–Kier alpha value is -1.80. The van der Waals surface area contributed by atoms with Crippen LogP contribution in [-0.4, -0.2) is 70.8 Å². The minimum Gasteiger partial charge on any atom is -0.390 e.